The van der Waals surface area contributed by atoms with Crippen molar-refractivity contribution in [2.45, 2.75) is 101 Å². The van der Waals surface area contributed by atoms with Crippen molar-refractivity contribution >= 4 is 41.4 Å². The van der Waals surface area contributed by atoms with E-state index < -0.39 is 53.2 Å². The number of ketones is 2. The van der Waals surface area contributed by atoms with Crippen molar-refractivity contribution in [2.24, 2.45) is 5.41 Å². The van der Waals surface area contributed by atoms with Gasteiger partial charge in [-0.05, 0) is 46.1 Å². The molecule has 0 saturated heterocycles. The number of hydrogen-bond donors (Lipinski definition) is 0. The zero-order valence-electron chi connectivity index (χ0n) is 31.1. The predicted molar refractivity (Wildman–Crippen MR) is 183 cm³/mol. The Bertz CT molecular complexity index is 1750. The van der Waals surface area contributed by atoms with Gasteiger partial charge in [-0.25, -0.2) is 0 Å². The number of methoxy groups -OCH3 is 1. The molecule has 0 heterocycles. The molecule has 1 aromatic carbocycles. The first kappa shape index (κ1) is 41.8. The monoisotopic (exact) mass is 710 g/mol. The molecule has 0 amide bonds. The standard InChI is InChI=1S/C38H46O13/c1-12-14-28(44)32-31(48-22(6)40)19-30(46-11)26(35(32)49-23(7)41)18-27-34(45)33(29(15-13-2)47-21(5)39)37(51-25(9)43)38(10,17-16-20(3)4)36(27)50-24(8)42/h15-16,19H,12-14,17-18H2,1-11H3. The van der Waals surface area contributed by atoms with Gasteiger partial charge in [-0.2, -0.15) is 0 Å². The van der Waals surface area contributed by atoms with Crippen LogP contribution in [-0.2, 0) is 49.4 Å². The molecule has 0 spiro atoms. The van der Waals surface area contributed by atoms with Gasteiger partial charge in [0.1, 0.15) is 39.9 Å². The maximum atomic E-state index is 14.9. The van der Waals surface area contributed by atoms with Gasteiger partial charge in [-0.3, -0.25) is 33.6 Å². The fraction of sp³-hybridized carbons (Fsp3) is 0.447. The maximum Gasteiger partial charge on any atom is 0.308 e. The third kappa shape index (κ3) is 10.3. The fourth-order valence-electron chi connectivity index (χ4n) is 5.49. The number of carbonyl (C=O) groups excluding carboxylic acids is 7. The van der Waals surface area contributed by atoms with Gasteiger partial charge in [-0.1, -0.05) is 25.5 Å². The quantitative estimate of drug-likeness (QED) is 0.0482. The largest absolute Gasteiger partial charge is 0.496 e. The van der Waals surface area contributed by atoms with Crippen LogP contribution in [0.2, 0.25) is 0 Å². The minimum Gasteiger partial charge on any atom is -0.496 e. The van der Waals surface area contributed by atoms with Gasteiger partial charge in [0.2, 0.25) is 0 Å². The lowest BCUT2D eigenvalue weighted by molar-refractivity contribution is -0.141. The summed E-state index contributed by atoms with van der Waals surface area (Å²) in [6, 6.07) is 1.26. The van der Waals surface area contributed by atoms with Crippen molar-refractivity contribution in [3.63, 3.8) is 0 Å². The van der Waals surface area contributed by atoms with Gasteiger partial charge in [0.15, 0.2) is 17.3 Å². The summed E-state index contributed by atoms with van der Waals surface area (Å²) >= 11 is 0. The average Bonchev–Trinajstić information content (AvgIpc) is 3.00. The molecule has 0 saturated carbocycles. The number of hydrogen-bond acceptors (Lipinski definition) is 13. The number of Topliss-reactive ketones (excluding diaryl/α,β-unsaturated/α-hetero) is 2. The Hall–Kier alpha value is -5.33. The number of rotatable bonds is 15. The molecule has 0 fully saturated rings. The van der Waals surface area contributed by atoms with Gasteiger partial charge in [0.25, 0.3) is 0 Å². The molecule has 276 valence electrons. The first-order valence-corrected chi connectivity index (χ1v) is 16.4. The van der Waals surface area contributed by atoms with E-state index in [0.29, 0.717) is 6.42 Å². The zero-order valence-corrected chi connectivity index (χ0v) is 31.1. The molecular weight excluding hydrogens is 664 g/mol. The Morgan fingerprint density at radius 3 is 1.78 bits per heavy atom. The number of esters is 5. The van der Waals surface area contributed by atoms with E-state index in [4.69, 9.17) is 28.4 Å². The topological polar surface area (TPSA) is 175 Å². The highest BCUT2D eigenvalue weighted by molar-refractivity contribution is 6.14. The molecule has 0 bridgehead atoms. The highest BCUT2D eigenvalue weighted by Gasteiger charge is 2.50. The smallest absolute Gasteiger partial charge is 0.308 e. The van der Waals surface area contributed by atoms with Crippen LogP contribution in [0.4, 0.5) is 0 Å². The normalized spacial score (nSPS) is 15.9. The summed E-state index contributed by atoms with van der Waals surface area (Å²) in [7, 11) is 1.28. The molecule has 1 unspecified atom stereocenters. The number of allylic oxidation sites excluding steroid dienone is 5. The summed E-state index contributed by atoms with van der Waals surface area (Å²) < 4.78 is 33.7. The van der Waals surface area contributed by atoms with Crippen molar-refractivity contribution in [2.75, 3.05) is 7.11 Å². The lowest BCUT2D eigenvalue weighted by Gasteiger charge is -2.38. The van der Waals surface area contributed by atoms with E-state index in [0.717, 1.165) is 40.2 Å². The highest BCUT2D eigenvalue weighted by atomic mass is 16.6. The first-order valence-electron chi connectivity index (χ1n) is 16.4. The van der Waals surface area contributed by atoms with Gasteiger partial charge >= 0.3 is 29.8 Å². The Morgan fingerprint density at radius 1 is 0.745 bits per heavy atom. The van der Waals surface area contributed by atoms with Crippen LogP contribution in [0.1, 0.15) is 111 Å². The van der Waals surface area contributed by atoms with E-state index >= 15 is 0 Å². The van der Waals surface area contributed by atoms with Crippen LogP contribution < -0.4 is 14.2 Å². The molecule has 1 aliphatic rings. The lowest BCUT2D eigenvalue weighted by Crippen LogP contribution is -2.37. The summed E-state index contributed by atoms with van der Waals surface area (Å²) in [4.78, 5) is 90.9. The van der Waals surface area contributed by atoms with Gasteiger partial charge < -0.3 is 28.4 Å². The summed E-state index contributed by atoms with van der Waals surface area (Å²) in [5.41, 5.74) is -1.47. The Morgan fingerprint density at radius 2 is 1.31 bits per heavy atom. The summed E-state index contributed by atoms with van der Waals surface area (Å²) in [5, 5.41) is 0. The van der Waals surface area contributed by atoms with Gasteiger partial charge in [0.05, 0.1) is 12.5 Å². The number of benzene rings is 1. The maximum absolute atomic E-state index is 14.9. The van der Waals surface area contributed by atoms with E-state index in [-0.39, 0.29) is 76.1 Å². The van der Waals surface area contributed by atoms with E-state index in [1.54, 1.807) is 26.8 Å². The van der Waals surface area contributed by atoms with Crippen LogP contribution in [0, 0.1) is 5.41 Å². The van der Waals surface area contributed by atoms with Crippen molar-refractivity contribution in [1.82, 2.24) is 0 Å². The second-order valence-electron chi connectivity index (χ2n) is 12.2. The van der Waals surface area contributed by atoms with Crippen LogP contribution in [-0.4, -0.2) is 48.5 Å². The molecule has 2 rings (SSSR count). The minimum absolute atomic E-state index is 0.00980. The van der Waals surface area contributed by atoms with Crippen molar-refractivity contribution in [3.8, 4) is 17.2 Å². The van der Waals surface area contributed by atoms with Crippen LogP contribution >= 0.6 is 0 Å². The summed E-state index contributed by atoms with van der Waals surface area (Å²) in [6.45, 7) is 14.4. The Kier molecular flexibility index (Phi) is 14.8. The van der Waals surface area contributed by atoms with Crippen LogP contribution in [0.15, 0.2) is 52.2 Å². The molecule has 13 nitrogen and oxygen atoms in total. The molecule has 0 aromatic heterocycles. The van der Waals surface area contributed by atoms with Crippen molar-refractivity contribution in [1.29, 1.82) is 0 Å². The molecule has 0 N–H and O–H groups in total. The third-order valence-corrected chi connectivity index (χ3v) is 7.44. The SMILES string of the molecule is CCC=C(OC(C)=O)C1=C(OC(C)=O)C(C)(CC=C(C)C)C(OC(C)=O)=C(Cc2c(OC)cc(OC(C)=O)c(C(=O)CCC)c2OC(C)=O)C1=O. The van der Waals surface area contributed by atoms with Gasteiger partial charge in [0, 0.05) is 64.7 Å². The van der Waals surface area contributed by atoms with E-state index in [1.165, 1.54) is 19.3 Å². The van der Waals surface area contributed by atoms with Crippen molar-refractivity contribution in [3.05, 3.63) is 63.3 Å². The molecule has 0 radical (unpaired) electrons. The third-order valence-electron chi connectivity index (χ3n) is 7.44. The van der Waals surface area contributed by atoms with E-state index in [2.05, 4.69) is 0 Å². The fourth-order valence-corrected chi connectivity index (χ4v) is 5.49. The summed E-state index contributed by atoms with van der Waals surface area (Å²) in [6.07, 6.45) is 3.43. The number of ether oxygens (including phenoxy) is 6. The minimum atomic E-state index is -1.56. The van der Waals surface area contributed by atoms with Crippen LogP contribution in [0.25, 0.3) is 0 Å². The molecular formula is C38H46O13. The van der Waals surface area contributed by atoms with Crippen LogP contribution in [0.5, 0.6) is 17.2 Å². The summed E-state index contributed by atoms with van der Waals surface area (Å²) in [5.74, 6) is -6.67. The van der Waals surface area contributed by atoms with E-state index in [9.17, 15) is 33.6 Å². The van der Waals surface area contributed by atoms with Crippen LogP contribution in [0.3, 0.4) is 0 Å². The molecule has 1 atom stereocenters. The first-order chi connectivity index (χ1) is 23.8. The Labute approximate surface area is 297 Å². The molecule has 0 aliphatic heterocycles. The molecule has 1 aliphatic carbocycles. The predicted octanol–water partition coefficient (Wildman–Crippen LogP) is 6.51. The highest BCUT2D eigenvalue weighted by Crippen LogP contribution is 2.51. The zero-order chi connectivity index (χ0) is 38.8. The Balaban J connectivity index is 3.31. The average molecular weight is 711 g/mol. The molecule has 1 aromatic rings. The lowest BCUT2D eigenvalue weighted by atomic mass is 9.71. The molecule has 51 heavy (non-hydrogen) atoms. The second kappa shape index (κ2) is 18.1. The molecule has 13 heteroatoms. The van der Waals surface area contributed by atoms with E-state index in [1.807, 2.05) is 13.8 Å². The van der Waals surface area contributed by atoms with Crippen molar-refractivity contribution < 1.29 is 62.0 Å². The number of carbonyl (C=O) groups is 7. The second-order valence-corrected chi connectivity index (χ2v) is 12.2. The van der Waals surface area contributed by atoms with Gasteiger partial charge in [-0.15, -0.1) is 0 Å².